The Balaban J connectivity index is 1.87. The average molecular weight is 266 g/mol. The van der Waals surface area contributed by atoms with E-state index in [0.717, 1.165) is 25.7 Å². The third kappa shape index (κ3) is 3.68. The fraction of sp³-hybridized carbons (Fsp3) is 0.857. The lowest BCUT2D eigenvalue weighted by molar-refractivity contribution is -0.131. The lowest BCUT2D eigenvalue weighted by Crippen LogP contribution is -2.45. The molecule has 1 atom stereocenters. The Morgan fingerprint density at radius 3 is 2.58 bits per heavy atom. The van der Waals surface area contributed by atoms with Gasteiger partial charge < -0.3 is 14.8 Å². The summed E-state index contributed by atoms with van der Waals surface area (Å²) in [5, 5.41) is 12.3. The summed E-state index contributed by atoms with van der Waals surface area (Å²) in [5.74, 6) is -0.133. The monoisotopic (exact) mass is 266 g/mol. The van der Waals surface area contributed by atoms with Gasteiger partial charge in [-0.2, -0.15) is 5.26 Å². The largest absolute Gasteiger partial charge is 0.376 e. The standard InChI is InChI=1S/C14H22N2O3/c15-11-14(5-3-1-2-4-6-14)13(17)16-9-12-10-18-7-8-19-12/h12H,1-10H2,(H,16,17). The van der Waals surface area contributed by atoms with Crippen LogP contribution < -0.4 is 5.32 Å². The molecule has 0 aromatic rings. The summed E-state index contributed by atoms with van der Waals surface area (Å²) in [5.41, 5.74) is -0.827. The molecule has 106 valence electrons. The fourth-order valence-electron chi connectivity index (χ4n) is 2.75. The summed E-state index contributed by atoms with van der Waals surface area (Å²) >= 11 is 0. The Kier molecular flexibility index (Phi) is 5.17. The molecule has 1 saturated carbocycles. The number of nitrogens with one attached hydrogen (secondary N) is 1. The second kappa shape index (κ2) is 6.88. The molecule has 1 amide bonds. The molecular weight excluding hydrogens is 244 g/mol. The number of hydrogen-bond acceptors (Lipinski definition) is 4. The van der Waals surface area contributed by atoms with Crippen LogP contribution in [0.5, 0.6) is 0 Å². The van der Waals surface area contributed by atoms with Gasteiger partial charge in [-0.15, -0.1) is 0 Å². The zero-order valence-electron chi connectivity index (χ0n) is 11.3. The molecule has 1 heterocycles. The zero-order valence-corrected chi connectivity index (χ0v) is 11.3. The molecule has 0 spiro atoms. The number of nitrogens with zero attached hydrogens (tertiary/aromatic N) is 1. The number of nitriles is 1. The van der Waals surface area contributed by atoms with Crippen LogP contribution in [0.15, 0.2) is 0 Å². The van der Waals surface area contributed by atoms with Gasteiger partial charge in [0.1, 0.15) is 5.41 Å². The zero-order chi connectivity index (χ0) is 13.6. The van der Waals surface area contributed by atoms with E-state index >= 15 is 0 Å². The predicted molar refractivity (Wildman–Crippen MR) is 69.3 cm³/mol. The van der Waals surface area contributed by atoms with Gasteiger partial charge in [-0.3, -0.25) is 4.79 Å². The van der Waals surface area contributed by atoms with Gasteiger partial charge in [0.25, 0.3) is 0 Å². The van der Waals surface area contributed by atoms with Crippen molar-refractivity contribution in [1.82, 2.24) is 5.32 Å². The van der Waals surface area contributed by atoms with E-state index in [-0.39, 0.29) is 12.0 Å². The third-order valence-corrected chi connectivity index (χ3v) is 3.98. The van der Waals surface area contributed by atoms with E-state index in [4.69, 9.17) is 9.47 Å². The molecule has 0 aromatic carbocycles. The topological polar surface area (TPSA) is 71.4 Å². The van der Waals surface area contributed by atoms with Gasteiger partial charge in [0.15, 0.2) is 0 Å². The minimum absolute atomic E-state index is 0.0841. The Labute approximate surface area is 114 Å². The number of carbonyl (C=O) groups is 1. The van der Waals surface area contributed by atoms with Crippen molar-refractivity contribution in [2.75, 3.05) is 26.4 Å². The third-order valence-electron chi connectivity index (χ3n) is 3.98. The molecule has 5 nitrogen and oxygen atoms in total. The van der Waals surface area contributed by atoms with Gasteiger partial charge in [0.2, 0.25) is 5.91 Å². The van der Waals surface area contributed by atoms with Crippen molar-refractivity contribution in [1.29, 1.82) is 5.26 Å². The lowest BCUT2D eigenvalue weighted by atomic mass is 9.81. The second-order valence-electron chi connectivity index (χ2n) is 5.39. The minimum Gasteiger partial charge on any atom is -0.376 e. The van der Waals surface area contributed by atoms with Crippen molar-refractivity contribution < 1.29 is 14.3 Å². The Morgan fingerprint density at radius 2 is 2.00 bits per heavy atom. The Bertz CT molecular complexity index is 337. The highest BCUT2D eigenvalue weighted by atomic mass is 16.6. The smallest absolute Gasteiger partial charge is 0.240 e. The first kappa shape index (κ1) is 14.3. The molecule has 0 radical (unpaired) electrons. The van der Waals surface area contributed by atoms with Gasteiger partial charge in [0, 0.05) is 6.54 Å². The van der Waals surface area contributed by atoms with Crippen LogP contribution in [0, 0.1) is 16.7 Å². The number of ether oxygens (including phenoxy) is 2. The molecule has 2 aliphatic rings. The van der Waals surface area contributed by atoms with Crippen LogP contribution in [0.2, 0.25) is 0 Å². The Morgan fingerprint density at radius 1 is 1.26 bits per heavy atom. The lowest BCUT2D eigenvalue weighted by Gasteiger charge is -2.27. The first-order valence-electron chi connectivity index (χ1n) is 7.16. The van der Waals surface area contributed by atoms with Crippen molar-refractivity contribution in [3.05, 3.63) is 0 Å². The average Bonchev–Trinajstić information content (AvgIpc) is 2.72. The van der Waals surface area contributed by atoms with Crippen molar-refractivity contribution >= 4 is 5.91 Å². The summed E-state index contributed by atoms with van der Waals surface area (Å²) in [6.45, 7) is 2.14. The van der Waals surface area contributed by atoms with Crippen LogP contribution in [0.4, 0.5) is 0 Å². The van der Waals surface area contributed by atoms with Crippen LogP contribution in [0.1, 0.15) is 38.5 Å². The van der Waals surface area contributed by atoms with Crippen molar-refractivity contribution in [3.63, 3.8) is 0 Å². The first-order chi connectivity index (χ1) is 9.27. The molecule has 1 N–H and O–H groups in total. The number of hydrogen-bond donors (Lipinski definition) is 1. The molecule has 1 unspecified atom stereocenters. The fourth-order valence-corrected chi connectivity index (χ4v) is 2.75. The second-order valence-corrected chi connectivity index (χ2v) is 5.39. The van der Waals surface area contributed by atoms with Gasteiger partial charge >= 0.3 is 0 Å². The van der Waals surface area contributed by atoms with Crippen molar-refractivity contribution in [2.45, 2.75) is 44.6 Å². The SMILES string of the molecule is N#CC1(C(=O)NCC2COCCO2)CCCCCC1. The molecule has 2 fully saturated rings. The maximum absolute atomic E-state index is 12.3. The summed E-state index contributed by atoms with van der Waals surface area (Å²) in [6, 6.07) is 2.26. The van der Waals surface area contributed by atoms with E-state index < -0.39 is 5.41 Å². The van der Waals surface area contributed by atoms with E-state index in [1.54, 1.807) is 0 Å². The van der Waals surface area contributed by atoms with Gasteiger partial charge in [-0.1, -0.05) is 25.7 Å². The summed E-state index contributed by atoms with van der Waals surface area (Å²) in [7, 11) is 0. The van der Waals surface area contributed by atoms with E-state index in [9.17, 15) is 10.1 Å². The molecule has 2 rings (SSSR count). The molecule has 19 heavy (non-hydrogen) atoms. The van der Waals surface area contributed by atoms with Crippen LogP contribution in [-0.4, -0.2) is 38.4 Å². The first-order valence-corrected chi connectivity index (χ1v) is 7.16. The predicted octanol–water partition coefficient (Wildman–Crippen LogP) is 1.38. The highest BCUT2D eigenvalue weighted by molar-refractivity contribution is 5.85. The van der Waals surface area contributed by atoms with E-state index in [0.29, 0.717) is 39.2 Å². The minimum atomic E-state index is -0.827. The summed E-state index contributed by atoms with van der Waals surface area (Å²) in [4.78, 5) is 12.3. The molecule has 1 aliphatic carbocycles. The van der Waals surface area contributed by atoms with Crippen LogP contribution >= 0.6 is 0 Å². The Hall–Kier alpha value is -1.12. The quantitative estimate of drug-likeness (QED) is 0.783. The molecule has 0 bridgehead atoms. The molecule has 1 aliphatic heterocycles. The van der Waals surface area contributed by atoms with E-state index in [2.05, 4.69) is 11.4 Å². The van der Waals surface area contributed by atoms with Crippen molar-refractivity contribution in [2.24, 2.45) is 5.41 Å². The number of amides is 1. The maximum atomic E-state index is 12.3. The number of rotatable bonds is 3. The molecular formula is C14H22N2O3. The molecule has 1 saturated heterocycles. The van der Waals surface area contributed by atoms with Crippen LogP contribution in [0.3, 0.4) is 0 Å². The van der Waals surface area contributed by atoms with Gasteiger partial charge in [0.05, 0.1) is 32.0 Å². The van der Waals surface area contributed by atoms with Crippen LogP contribution in [-0.2, 0) is 14.3 Å². The summed E-state index contributed by atoms with van der Waals surface area (Å²) < 4.78 is 10.8. The number of carbonyl (C=O) groups excluding carboxylic acids is 1. The van der Waals surface area contributed by atoms with Crippen molar-refractivity contribution in [3.8, 4) is 6.07 Å². The molecule has 5 heteroatoms. The highest BCUT2D eigenvalue weighted by Crippen LogP contribution is 2.34. The normalized spacial score (nSPS) is 27.0. The van der Waals surface area contributed by atoms with E-state index in [1.165, 1.54) is 0 Å². The van der Waals surface area contributed by atoms with Gasteiger partial charge in [-0.05, 0) is 12.8 Å². The summed E-state index contributed by atoms with van der Waals surface area (Å²) in [6.07, 6.45) is 5.44. The highest BCUT2D eigenvalue weighted by Gasteiger charge is 2.38. The van der Waals surface area contributed by atoms with E-state index in [1.807, 2.05) is 0 Å². The van der Waals surface area contributed by atoms with Crippen LogP contribution in [0.25, 0.3) is 0 Å². The maximum Gasteiger partial charge on any atom is 0.240 e. The van der Waals surface area contributed by atoms with Gasteiger partial charge in [-0.25, -0.2) is 0 Å². The molecule has 0 aromatic heterocycles.